The van der Waals surface area contributed by atoms with Crippen molar-refractivity contribution in [2.24, 2.45) is 0 Å². The maximum atomic E-state index is 10.9. The topological polar surface area (TPSA) is 26.3 Å². The zero-order valence-corrected chi connectivity index (χ0v) is 12.7. The van der Waals surface area contributed by atoms with E-state index in [1.54, 1.807) is 6.92 Å². The molecule has 0 atom stereocenters. The van der Waals surface area contributed by atoms with Crippen molar-refractivity contribution >= 4 is 12.0 Å². The predicted molar refractivity (Wildman–Crippen MR) is 86.4 cm³/mol. The van der Waals surface area contributed by atoms with Gasteiger partial charge in [-0.15, -0.1) is 0 Å². The lowest BCUT2D eigenvalue weighted by Crippen LogP contribution is -2.05. The monoisotopic (exact) mass is 274 g/mol. The predicted octanol–water partition coefficient (Wildman–Crippen LogP) is 5.02. The molecule has 0 unspecified atom stereocenters. The molecule has 1 aromatic carbocycles. The SMILES string of the molecule is C=C(C)C(=O)OCCCCCC.C=Cc1ccccc1. The standard InChI is InChI=1S/C10H18O2.C8H8/c1-4-5-6-7-8-12-10(11)9(2)3;1-2-8-6-4-3-5-7-8/h2,4-8H2,1,3H3;2-7H,1H2. The van der Waals surface area contributed by atoms with Gasteiger partial charge in [0.1, 0.15) is 0 Å². The summed E-state index contributed by atoms with van der Waals surface area (Å²) < 4.78 is 4.91. The van der Waals surface area contributed by atoms with Crippen LogP contribution in [-0.4, -0.2) is 12.6 Å². The zero-order valence-electron chi connectivity index (χ0n) is 12.7. The third kappa shape index (κ3) is 10.1. The molecule has 0 radical (unpaired) electrons. The zero-order chi connectivity index (χ0) is 15.2. The van der Waals surface area contributed by atoms with Crippen molar-refractivity contribution in [3.63, 3.8) is 0 Å². The van der Waals surface area contributed by atoms with Gasteiger partial charge in [-0.05, 0) is 18.9 Å². The summed E-state index contributed by atoms with van der Waals surface area (Å²) in [4.78, 5) is 10.9. The first-order valence-corrected chi connectivity index (χ1v) is 7.12. The van der Waals surface area contributed by atoms with E-state index in [4.69, 9.17) is 4.74 Å². The highest BCUT2D eigenvalue weighted by molar-refractivity contribution is 5.86. The van der Waals surface area contributed by atoms with Crippen molar-refractivity contribution in [1.29, 1.82) is 0 Å². The number of carbonyl (C=O) groups is 1. The summed E-state index contributed by atoms with van der Waals surface area (Å²) in [5.74, 6) is -0.272. The van der Waals surface area contributed by atoms with Crippen LogP contribution in [0.1, 0.15) is 45.1 Å². The summed E-state index contributed by atoms with van der Waals surface area (Å²) in [5.41, 5.74) is 1.65. The summed E-state index contributed by atoms with van der Waals surface area (Å²) in [5, 5.41) is 0. The number of hydrogen-bond acceptors (Lipinski definition) is 2. The number of benzene rings is 1. The number of carbonyl (C=O) groups excluding carboxylic acids is 1. The summed E-state index contributed by atoms with van der Waals surface area (Å²) >= 11 is 0. The Bertz CT molecular complexity index is 393. The number of unbranched alkanes of at least 4 members (excludes halogenated alkanes) is 3. The molecule has 0 N–H and O–H groups in total. The Morgan fingerprint density at radius 3 is 2.30 bits per heavy atom. The lowest BCUT2D eigenvalue weighted by Gasteiger charge is -2.02. The minimum absolute atomic E-state index is 0.272. The van der Waals surface area contributed by atoms with Crippen LogP contribution in [0.2, 0.25) is 0 Å². The molecule has 0 fully saturated rings. The fourth-order valence-electron chi connectivity index (χ4n) is 1.41. The van der Waals surface area contributed by atoms with Gasteiger partial charge >= 0.3 is 5.97 Å². The minimum atomic E-state index is -0.272. The summed E-state index contributed by atoms with van der Waals surface area (Å²) in [6, 6.07) is 10.0. The highest BCUT2D eigenvalue weighted by Crippen LogP contribution is 2.00. The molecule has 2 heteroatoms. The third-order valence-corrected chi connectivity index (χ3v) is 2.61. The van der Waals surface area contributed by atoms with Gasteiger partial charge < -0.3 is 4.74 Å². The van der Waals surface area contributed by atoms with Crippen LogP contribution in [0.4, 0.5) is 0 Å². The molecule has 1 rings (SSSR count). The Hall–Kier alpha value is -1.83. The molecule has 0 aliphatic heterocycles. The lowest BCUT2D eigenvalue weighted by molar-refractivity contribution is -0.139. The van der Waals surface area contributed by atoms with E-state index >= 15 is 0 Å². The first-order valence-electron chi connectivity index (χ1n) is 7.12. The molecule has 1 aromatic rings. The van der Waals surface area contributed by atoms with E-state index in [1.165, 1.54) is 18.4 Å². The molecular weight excluding hydrogens is 248 g/mol. The quantitative estimate of drug-likeness (QED) is 0.396. The Morgan fingerprint density at radius 2 is 1.85 bits per heavy atom. The van der Waals surface area contributed by atoms with Crippen LogP contribution in [0.25, 0.3) is 6.08 Å². The summed E-state index contributed by atoms with van der Waals surface area (Å²) in [7, 11) is 0. The van der Waals surface area contributed by atoms with Crippen molar-refractivity contribution < 1.29 is 9.53 Å². The second-order valence-electron chi connectivity index (χ2n) is 4.59. The van der Waals surface area contributed by atoms with Gasteiger partial charge in [0.15, 0.2) is 0 Å². The van der Waals surface area contributed by atoms with Gasteiger partial charge in [0.2, 0.25) is 0 Å². The van der Waals surface area contributed by atoms with E-state index in [-0.39, 0.29) is 5.97 Å². The summed E-state index contributed by atoms with van der Waals surface area (Å²) in [6.45, 7) is 11.5. The average molecular weight is 274 g/mol. The van der Waals surface area contributed by atoms with Gasteiger partial charge in [0.25, 0.3) is 0 Å². The van der Waals surface area contributed by atoms with E-state index in [9.17, 15) is 4.79 Å². The highest BCUT2D eigenvalue weighted by Gasteiger charge is 2.00. The maximum absolute atomic E-state index is 10.9. The van der Waals surface area contributed by atoms with Gasteiger partial charge in [-0.3, -0.25) is 0 Å². The molecule has 0 spiro atoms. The smallest absolute Gasteiger partial charge is 0.333 e. The molecule has 110 valence electrons. The Kier molecular flexibility index (Phi) is 11.1. The normalized spacial score (nSPS) is 9.10. The van der Waals surface area contributed by atoms with Gasteiger partial charge in [-0.25, -0.2) is 4.79 Å². The molecule has 0 aliphatic carbocycles. The van der Waals surface area contributed by atoms with Gasteiger partial charge in [-0.2, -0.15) is 0 Å². The van der Waals surface area contributed by atoms with Gasteiger partial charge in [0, 0.05) is 5.57 Å². The third-order valence-electron chi connectivity index (χ3n) is 2.61. The Labute approximate surface area is 123 Å². The van der Waals surface area contributed by atoms with Crippen LogP contribution >= 0.6 is 0 Å². The fourth-order valence-corrected chi connectivity index (χ4v) is 1.41. The molecular formula is C18H26O2. The minimum Gasteiger partial charge on any atom is -0.462 e. The lowest BCUT2D eigenvalue weighted by atomic mass is 10.2. The fraction of sp³-hybridized carbons (Fsp3) is 0.389. The number of ether oxygens (including phenoxy) is 1. The van der Waals surface area contributed by atoms with E-state index < -0.39 is 0 Å². The van der Waals surface area contributed by atoms with Crippen molar-refractivity contribution in [3.8, 4) is 0 Å². The van der Waals surface area contributed by atoms with Crippen molar-refractivity contribution in [1.82, 2.24) is 0 Å². The van der Waals surface area contributed by atoms with Gasteiger partial charge in [-0.1, -0.05) is 75.8 Å². The van der Waals surface area contributed by atoms with Crippen molar-refractivity contribution in [2.45, 2.75) is 39.5 Å². The molecule has 0 heterocycles. The average Bonchev–Trinajstić information content (AvgIpc) is 2.48. The molecule has 0 aromatic heterocycles. The van der Waals surface area contributed by atoms with Crippen molar-refractivity contribution in [3.05, 3.63) is 54.6 Å². The van der Waals surface area contributed by atoms with Crippen LogP contribution in [0, 0.1) is 0 Å². The molecule has 20 heavy (non-hydrogen) atoms. The van der Waals surface area contributed by atoms with E-state index in [2.05, 4.69) is 20.1 Å². The summed E-state index contributed by atoms with van der Waals surface area (Å²) in [6.07, 6.45) is 6.35. The maximum Gasteiger partial charge on any atom is 0.333 e. The highest BCUT2D eigenvalue weighted by atomic mass is 16.5. The number of hydrogen-bond donors (Lipinski definition) is 0. The van der Waals surface area contributed by atoms with E-state index in [1.807, 2.05) is 36.4 Å². The number of esters is 1. The van der Waals surface area contributed by atoms with Crippen LogP contribution in [0.3, 0.4) is 0 Å². The second-order valence-corrected chi connectivity index (χ2v) is 4.59. The largest absolute Gasteiger partial charge is 0.462 e. The van der Waals surface area contributed by atoms with E-state index in [0.717, 1.165) is 12.8 Å². The van der Waals surface area contributed by atoms with E-state index in [0.29, 0.717) is 12.2 Å². The van der Waals surface area contributed by atoms with Crippen LogP contribution < -0.4 is 0 Å². The van der Waals surface area contributed by atoms with Crippen LogP contribution in [-0.2, 0) is 9.53 Å². The second kappa shape index (κ2) is 12.2. The molecule has 0 saturated heterocycles. The Balaban J connectivity index is 0.000000388. The Morgan fingerprint density at radius 1 is 1.20 bits per heavy atom. The first-order chi connectivity index (χ1) is 9.61. The molecule has 0 bridgehead atoms. The number of rotatable bonds is 7. The van der Waals surface area contributed by atoms with Gasteiger partial charge in [0.05, 0.1) is 6.61 Å². The first kappa shape index (κ1) is 18.2. The molecule has 0 amide bonds. The van der Waals surface area contributed by atoms with Crippen LogP contribution in [0.15, 0.2) is 49.1 Å². The van der Waals surface area contributed by atoms with Crippen molar-refractivity contribution in [2.75, 3.05) is 6.61 Å². The van der Waals surface area contributed by atoms with Crippen LogP contribution in [0.5, 0.6) is 0 Å². The molecule has 0 saturated carbocycles. The molecule has 2 nitrogen and oxygen atoms in total. The molecule has 0 aliphatic rings.